The van der Waals surface area contributed by atoms with Crippen LogP contribution in [0.15, 0.2) is 60.7 Å². The third-order valence-electron chi connectivity index (χ3n) is 5.20. The summed E-state index contributed by atoms with van der Waals surface area (Å²) in [5.41, 5.74) is 6.25. The molecule has 4 rings (SSSR count). The van der Waals surface area contributed by atoms with Gasteiger partial charge in [-0.1, -0.05) is 36.4 Å². The van der Waals surface area contributed by atoms with Crippen LogP contribution < -0.4 is 4.74 Å². The van der Waals surface area contributed by atoms with Crippen molar-refractivity contribution in [2.45, 2.75) is 13.3 Å². The molecule has 0 bridgehead atoms. The number of aromatic nitrogens is 1. The van der Waals surface area contributed by atoms with Crippen LogP contribution in [0.4, 0.5) is 0 Å². The maximum Gasteiger partial charge on any atom is 0.119 e. The van der Waals surface area contributed by atoms with Crippen LogP contribution in [0.2, 0.25) is 0 Å². The average Bonchev–Trinajstić information content (AvgIpc) is 3.00. The predicted molar refractivity (Wildman–Crippen MR) is 113 cm³/mol. The first-order chi connectivity index (χ1) is 13.2. The first-order valence-electron chi connectivity index (χ1n) is 9.45. The summed E-state index contributed by atoms with van der Waals surface area (Å²) < 4.78 is 13.4. The monoisotopic (exact) mass is 359 g/mol. The number of hydrogen-bond donors (Lipinski definition) is 0. The van der Waals surface area contributed by atoms with Crippen molar-refractivity contribution in [2.75, 3.05) is 20.3 Å². The molecular weight excluding hydrogens is 334 g/mol. The highest BCUT2D eigenvalue weighted by Crippen LogP contribution is 2.38. The first-order valence-corrected chi connectivity index (χ1v) is 9.45. The van der Waals surface area contributed by atoms with Crippen molar-refractivity contribution in [1.82, 2.24) is 4.57 Å². The Hall–Kier alpha value is -2.78. The highest BCUT2D eigenvalue weighted by atomic mass is 16.5. The van der Waals surface area contributed by atoms with Crippen molar-refractivity contribution in [2.24, 2.45) is 7.05 Å². The Kier molecular flexibility index (Phi) is 4.87. The molecule has 0 fully saturated rings. The van der Waals surface area contributed by atoms with Crippen molar-refractivity contribution >= 4 is 21.8 Å². The summed E-state index contributed by atoms with van der Waals surface area (Å²) in [4.78, 5) is 0. The summed E-state index contributed by atoms with van der Waals surface area (Å²) >= 11 is 0. The quantitative estimate of drug-likeness (QED) is 0.419. The lowest BCUT2D eigenvalue weighted by Gasteiger charge is -2.10. The third kappa shape index (κ3) is 3.19. The Labute approximate surface area is 160 Å². The number of ether oxygens (including phenoxy) is 2. The number of benzene rings is 3. The van der Waals surface area contributed by atoms with E-state index in [9.17, 15) is 0 Å². The Morgan fingerprint density at radius 1 is 0.926 bits per heavy atom. The van der Waals surface area contributed by atoms with Crippen LogP contribution >= 0.6 is 0 Å². The standard InChI is InChI=1S/C24H25NO2/c1-4-27-13-12-17-14-20(18-8-6-5-7-9-18)24-21-16-19(26-3)10-11-22(21)25(2)23(24)15-17/h5-11,14-16H,4,12-13H2,1-3H3. The fourth-order valence-corrected chi connectivity index (χ4v) is 3.82. The molecule has 0 atom stereocenters. The van der Waals surface area contributed by atoms with Gasteiger partial charge < -0.3 is 14.0 Å². The molecule has 0 aliphatic carbocycles. The van der Waals surface area contributed by atoms with Gasteiger partial charge in [-0.25, -0.2) is 0 Å². The van der Waals surface area contributed by atoms with Crippen molar-refractivity contribution in [3.8, 4) is 16.9 Å². The first kappa shape index (κ1) is 17.6. The van der Waals surface area contributed by atoms with Crippen LogP contribution in [-0.4, -0.2) is 24.9 Å². The molecule has 0 amide bonds. The van der Waals surface area contributed by atoms with Gasteiger partial charge in [-0.2, -0.15) is 0 Å². The van der Waals surface area contributed by atoms with E-state index in [0.29, 0.717) is 0 Å². The number of fused-ring (bicyclic) bond motifs is 3. The van der Waals surface area contributed by atoms with Gasteiger partial charge in [0.15, 0.2) is 0 Å². The maximum atomic E-state index is 5.59. The Morgan fingerprint density at radius 2 is 1.74 bits per heavy atom. The third-order valence-corrected chi connectivity index (χ3v) is 5.20. The molecule has 138 valence electrons. The summed E-state index contributed by atoms with van der Waals surface area (Å²) in [6.45, 7) is 3.53. The second kappa shape index (κ2) is 7.45. The maximum absolute atomic E-state index is 5.59. The number of hydrogen-bond acceptors (Lipinski definition) is 2. The average molecular weight is 359 g/mol. The Balaban J connectivity index is 2.01. The molecule has 1 heterocycles. The molecule has 3 aromatic carbocycles. The molecule has 0 saturated carbocycles. The lowest BCUT2D eigenvalue weighted by atomic mass is 9.96. The van der Waals surface area contributed by atoms with E-state index in [0.717, 1.165) is 25.4 Å². The zero-order valence-electron chi connectivity index (χ0n) is 16.2. The predicted octanol–water partition coefficient (Wildman–Crippen LogP) is 5.59. The van der Waals surface area contributed by atoms with Crippen LogP contribution in [0.3, 0.4) is 0 Å². The fourth-order valence-electron chi connectivity index (χ4n) is 3.82. The molecule has 0 radical (unpaired) electrons. The molecular formula is C24H25NO2. The normalized spacial score (nSPS) is 11.4. The number of methoxy groups -OCH3 is 1. The van der Waals surface area contributed by atoms with Crippen molar-refractivity contribution < 1.29 is 9.47 Å². The Morgan fingerprint density at radius 3 is 2.48 bits per heavy atom. The van der Waals surface area contributed by atoms with Crippen molar-refractivity contribution in [3.05, 3.63) is 66.2 Å². The number of rotatable bonds is 6. The number of nitrogens with zero attached hydrogens (tertiary/aromatic N) is 1. The topological polar surface area (TPSA) is 23.4 Å². The van der Waals surface area contributed by atoms with E-state index in [-0.39, 0.29) is 0 Å². The van der Waals surface area contributed by atoms with E-state index >= 15 is 0 Å². The summed E-state index contributed by atoms with van der Waals surface area (Å²) in [6.07, 6.45) is 0.911. The van der Waals surface area contributed by atoms with E-state index in [1.807, 2.05) is 13.0 Å². The van der Waals surface area contributed by atoms with Gasteiger partial charge in [0.2, 0.25) is 0 Å². The molecule has 0 unspecified atom stereocenters. The SMILES string of the molecule is CCOCCc1cc(-c2ccccc2)c2c3cc(OC)ccc3n(C)c2c1. The molecule has 0 N–H and O–H groups in total. The minimum atomic E-state index is 0.744. The summed E-state index contributed by atoms with van der Waals surface area (Å²) in [6, 6.07) is 21.5. The van der Waals surface area contributed by atoms with Gasteiger partial charge in [0.1, 0.15) is 5.75 Å². The number of aryl methyl sites for hydroxylation is 1. The van der Waals surface area contributed by atoms with Crippen LogP contribution in [0.25, 0.3) is 32.9 Å². The molecule has 27 heavy (non-hydrogen) atoms. The highest BCUT2D eigenvalue weighted by molar-refractivity contribution is 6.15. The molecule has 0 aliphatic rings. The van der Waals surface area contributed by atoms with Crippen LogP contribution in [-0.2, 0) is 18.2 Å². The minimum Gasteiger partial charge on any atom is -0.497 e. The largest absolute Gasteiger partial charge is 0.497 e. The Bertz CT molecular complexity index is 1080. The zero-order chi connectivity index (χ0) is 18.8. The summed E-state index contributed by atoms with van der Waals surface area (Å²) in [7, 11) is 3.86. The molecule has 0 aliphatic heterocycles. The van der Waals surface area contributed by atoms with E-state index < -0.39 is 0 Å². The van der Waals surface area contributed by atoms with Gasteiger partial charge in [-0.3, -0.25) is 0 Å². The van der Waals surface area contributed by atoms with Crippen LogP contribution in [0.5, 0.6) is 5.75 Å². The highest BCUT2D eigenvalue weighted by Gasteiger charge is 2.15. The summed E-state index contributed by atoms with van der Waals surface area (Å²) in [5, 5.41) is 2.50. The summed E-state index contributed by atoms with van der Waals surface area (Å²) in [5.74, 6) is 0.884. The zero-order valence-corrected chi connectivity index (χ0v) is 16.2. The van der Waals surface area contributed by atoms with Gasteiger partial charge in [-0.05, 0) is 54.3 Å². The van der Waals surface area contributed by atoms with E-state index in [2.05, 4.69) is 66.2 Å². The molecule has 3 nitrogen and oxygen atoms in total. The van der Waals surface area contributed by atoms with E-state index in [1.54, 1.807) is 7.11 Å². The lowest BCUT2D eigenvalue weighted by molar-refractivity contribution is 0.151. The van der Waals surface area contributed by atoms with Crippen LogP contribution in [0.1, 0.15) is 12.5 Å². The van der Waals surface area contributed by atoms with Gasteiger partial charge in [0.25, 0.3) is 0 Å². The van der Waals surface area contributed by atoms with Gasteiger partial charge in [0, 0.05) is 35.5 Å². The fraction of sp³-hybridized carbons (Fsp3) is 0.250. The molecule has 1 aromatic heterocycles. The van der Waals surface area contributed by atoms with Crippen LogP contribution in [0, 0.1) is 0 Å². The van der Waals surface area contributed by atoms with E-state index in [4.69, 9.17) is 9.47 Å². The second-order valence-corrected chi connectivity index (χ2v) is 6.79. The lowest BCUT2D eigenvalue weighted by Crippen LogP contribution is -1.99. The van der Waals surface area contributed by atoms with E-state index in [1.165, 1.54) is 38.5 Å². The van der Waals surface area contributed by atoms with Gasteiger partial charge >= 0.3 is 0 Å². The van der Waals surface area contributed by atoms with Crippen molar-refractivity contribution in [1.29, 1.82) is 0 Å². The molecule has 3 heteroatoms. The van der Waals surface area contributed by atoms with Gasteiger partial charge in [-0.15, -0.1) is 0 Å². The smallest absolute Gasteiger partial charge is 0.119 e. The molecule has 4 aromatic rings. The molecule has 0 spiro atoms. The van der Waals surface area contributed by atoms with Crippen molar-refractivity contribution in [3.63, 3.8) is 0 Å². The molecule has 0 saturated heterocycles. The van der Waals surface area contributed by atoms with Gasteiger partial charge in [0.05, 0.1) is 13.7 Å². The minimum absolute atomic E-state index is 0.744. The second-order valence-electron chi connectivity index (χ2n) is 6.79.